The van der Waals surface area contributed by atoms with E-state index in [4.69, 9.17) is 0 Å². The van der Waals surface area contributed by atoms with E-state index in [-0.39, 0.29) is 6.61 Å². The van der Waals surface area contributed by atoms with Gasteiger partial charge < -0.3 is 10.4 Å². The number of nitrogens with zero attached hydrogens (tertiary/aromatic N) is 3. The van der Waals surface area contributed by atoms with Crippen molar-refractivity contribution in [3.8, 4) is 0 Å². The minimum Gasteiger partial charge on any atom is -0.395 e. The van der Waals surface area contributed by atoms with E-state index in [1.54, 1.807) is 0 Å². The summed E-state index contributed by atoms with van der Waals surface area (Å²) < 4.78 is 1.96. The Labute approximate surface area is 115 Å². The summed E-state index contributed by atoms with van der Waals surface area (Å²) in [5.41, 5.74) is 1.23. The first kappa shape index (κ1) is 14.5. The number of nitrogens with one attached hydrogen (secondary N) is 1. The van der Waals surface area contributed by atoms with E-state index in [9.17, 15) is 5.11 Å². The average Bonchev–Trinajstić information content (AvgIpc) is 3.08. The first-order valence-electron chi connectivity index (χ1n) is 7.35. The van der Waals surface area contributed by atoms with Gasteiger partial charge in [-0.3, -0.25) is 9.58 Å². The van der Waals surface area contributed by atoms with Crippen LogP contribution in [0.25, 0.3) is 0 Å². The summed E-state index contributed by atoms with van der Waals surface area (Å²) >= 11 is 0. The largest absolute Gasteiger partial charge is 0.395 e. The molecule has 0 bridgehead atoms. The Morgan fingerprint density at radius 2 is 2.47 bits per heavy atom. The van der Waals surface area contributed by atoms with Crippen LogP contribution in [0.1, 0.15) is 38.3 Å². The van der Waals surface area contributed by atoms with E-state index < -0.39 is 0 Å². The van der Waals surface area contributed by atoms with Crippen LogP contribution in [0, 0.1) is 0 Å². The zero-order chi connectivity index (χ0) is 13.7. The fourth-order valence-electron chi connectivity index (χ4n) is 2.75. The highest BCUT2D eigenvalue weighted by molar-refractivity contribution is 5.09. The number of rotatable bonds is 7. The summed E-state index contributed by atoms with van der Waals surface area (Å²) in [7, 11) is 0. The number of aliphatic hydroxyl groups excluding tert-OH is 1. The molecule has 2 unspecified atom stereocenters. The van der Waals surface area contributed by atoms with Crippen LogP contribution < -0.4 is 5.32 Å². The van der Waals surface area contributed by atoms with Crippen molar-refractivity contribution in [2.75, 3.05) is 26.2 Å². The second-order valence-electron chi connectivity index (χ2n) is 5.32. The van der Waals surface area contributed by atoms with E-state index in [2.05, 4.69) is 35.4 Å². The average molecular weight is 266 g/mol. The molecule has 108 valence electrons. The number of aromatic nitrogens is 2. The van der Waals surface area contributed by atoms with Gasteiger partial charge in [0, 0.05) is 43.5 Å². The van der Waals surface area contributed by atoms with Crippen molar-refractivity contribution >= 4 is 0 Å². The molecule has 1 fully saturated rings. The Hall–Kier alpha value is -0.910. The first-order valence-corrected chi connectivity index (χ1v) is 7.35. The van der Waals surface area contributed by atoms with Crippen LogP contribution in [0.15, 0.2) is 12.4 Å². The van der Waals surface area contributed by atoms with Crippen LogP contribution in [0.5, 0.6) is 0 Å². The van der Waals surface area contributed by atoms with Crippen LogP contribution in [-0.4, -0.2) is 52.1 Å². The molecule has 0 spiro atoms. The lowest BCUT2D eigenvalue weighted by Crippen LogP contribution is -2.40. The second-order valence-corrected chi connectivity index (χ2v) is 5.32. The van der Waals surface area contributed by atoms with Gasteiger partial charge in [0.25, 0.3) is 0 Å². The van der Waals surface area contributed by atoms with Gasteiger partial charge in [-0.1, -0.05) is 0 Å². The summed E-state index contributed by atoms with van der Waals surface area (Å²) in [5, 5.41) is 17.1. The standard InChI is InChI=1S/C14H26N4O/c1-3-18-10-13(9-16-18)12(2)17(7-8-19)11-14-5-4-6-15-14/h9-10,12,14-15,19H,3-8,11H2,1-2H3. The maximum atomic E-state index is 9.27. The normalized spacial score (nSPS) is 21.2. The molecule has 1 aliphatic rings. The third kappa shape index (κ3) is 3.78. The van der Waals surface area contributed by atoms with E-state index >= 15 is 0 Å². The Bertz CT molecular complexity index is 373. The lowest BCUT2D eigenvalue weighted by Gasteiger charge is -2.30. The smallest absolute Gasteiger partial charge is 0.0558 e. The van der Waals surface area contributed by atoms with Gasteiger partial charge in [0.05, 0.1) is 12.8 Å². The molecule has 1 aliphatic heterocycles. The predicted octanol–water partition coefficient (Wildman–Crippen LogP) is 1.01. The molecule has 1 aromatic heterocycles. The number of hydrogen-bond acceptors (Lipinski definition) is 4. The van der Waals surface area contributed by atoms with Gasteiger partial charge in [0.2, 0.25) is 0 Å². The molecule has 1 aromatic rings. The molecule has 2 atom stereocenters. The highest BCUT2D eigenvalue weighted by Gasteiger charge is 2.22. The van der Waals surface area contributed by atoms with Gasteiger partial charge in [0.1, 0.15) is 0 Å². The molecule has 0 radical (unpaired) electrons. The van der Waals surface area contributed by atoms with Crippen LogP contribution in [0.4, 0.5) is 0 Å². The van der Waals surface area contributed by atoms with Crippen molar-refractivity contribution in [1.29, 1.82) is 0 Å². The Morgan fingerprint density at radius 1 is 1.63 bits per heavy atom. The zero-order valence-electron chi connectivity index (χ0n) is 12.0. The topological polar surface area (TPSA) is 53.3 Å². The van der Waals surface area contributed by atoms with Gasteiger partial charge in [-0.2, -0.15) is 5.10 Å². The number of hydrogen-bond donors (Lipinski definition) is 2. The van der Waals surface area contributed by atoms with Gasteiger partial charge in [-0.05, 0) is 33.2 Å². The monoisotopic (exact) mass is 266 g/mol. The second kappa shape index (κ2) is 7.03. The summed E-state index contributed by atoms with van der Waals surface area (Å²) in [6, 6.07) is 0.866. The predicted molar refractivity (Wildman–Crippen MR) is 76.0 cm³/mol. The van der Waals surface area contributed by atoms with Crippen molar-refractivity contribution in [2.24, 2.45) is 0 Å². The van der Waals surface area contributed by atoms with Crippen LogP contribution in [0.3, 0.4) is 0 Å². The summed E-state index contributed by atoms with van der Waals surface area (Å²) in [6.07, 6.45) is 6.56. The van der Waals surface area contributed by atoms with E-state index in [1.807, 2.05) is 10.9 Å². The van der Waals surface area contributed by atoms with Crippen molar-refractivity contribution < 1.29 is 5.11 Å². The molecule has 0 amide bonds. The molecule has 5 heteroatoms. The van der Waals surface area contributed by atoms with Crippen molar-refractivity contribution in [1.82, 2.24) is 20.0 Å². The summed E-state index contributed by atoms with van der Waals surface area (Å²) in [4.78, 5) is 2.35. The van der Waals surface area contributed by atoms with Gasteiger partial charge in [0.15, 0.2) is 0 Å². The van der Waals surface area contributed by atoms with E-state index in [1.165, 1.54) is 18.4 Å². The Balaban J connectivity index is 1.99. The van der Waals surface area contributed by atoms with Gasteiger partial charge in [-0.15, -0.1) is 0 Å². The van der Waals surface area contributed by atoms with E-state index in [0.717, 1.165) is 26.2 Å². The first-order chi connectivity index (χ1) is 9.24. The fourth-order valence-corrected chi connectivity index (χ4v) is 2.75. The highest BCUT2D eigenvalue weighted by atomic mass is 16.3. The SMILES string of the molecule is CCn1cc(C(C)N(CCO)CC2CCCN2)cn1. The number of aryl methyl sites for hydroxylation is 1. The zero-order valence-corrected chi connectivity index (χ0v) is 12.0. The van der Waals surface area contributed by atoms with E-state index in [0.29, 0.717) is 12.1 Å². The molecule has 0 aromatic carbocycles. The van der Waals surface area contributed by atoms with Crippen molar-refractivity contribution in [3.05, 3.63) is 18.0 Å². The third-order valence-electron chi connectivity index (χ3n) is 4.01. The van der Waals surface area contributed by atoms with Crippen molar-refractivity contribution in [3.63, 3.8) is 0 Å². The quantitative estimate of drug-likeness (QED) is 0.773. The van der Waals surface area contributed by atoms with Crippen LogP contribution >= 0.6 is 0 Å². The fraction of sp³-hybridized carbons (Fsp3) is 0.786. The molecule has 0 aliphatic carbocycles. The maximum absolute atomic E-state index is 9.27. The molecule has 0 saturated carbocycles. The van der Waals surface area contributed by atoms with Gasteiger partial charge >= 0.3 is 0 Å². The molecular weight excluding hydrogens is 240 g/mol. The lowest BCUT2D eigenvalue weighted by atomic mass is 10.1. The molecule has 1 saturated heterocycles. The Morgan fingerprint density at radius 3 is 3.05 bits per heavy atom. The summed E-state index contributed by atoms with van der Waals surface area (Å²) in [5.74, 6) is 0. The molecule has 5 nitrogen and oxygen atoms in total. The minimum absolute atomic E-state index is 0.207. The van der Waals surface area contributed by atoms with Crippen LogP contribution in [0.2, 0.25) is 0 Å². The molecule has 19 heavy (non-hydrogen) atoms. The molecule has 2 rings (SSSR count). The van der Waals surface area contributed by atoms with Gasteiger partial charge in [-0.25, -0.2) is 0 Å². The highest BCUT2D eigenvalue weighted by Crippen LogP contribution is 2.21. The summed E-state index contributed by atoms with van der Waals surface area (Å²) in [6.45, 7) is 8.24. The number of aliphatic hydroxyl groups is 1. The third-order valence-corrected chi connectivity index (χ3v) is 4.01. The maximum Gasteiger partial charge on any atom is 0.0558 e. The Kier molecular flexibility index (Phi) is 5.36. The van der Waals surface area contributed by atoms with Crippen LogP contribution in [-0.2, 0) is 6.54 Å². The molecule has 2 N–H and O–H groups in total. The molecule has 2 heterocycles. The lowest BCUT2D eigenvalue weighted by molar-refractivity contribution is 0.147. The van der Waals surface area contributed by atoms with Crippen molar-refractivity contribution in [2.45, 2.75) is 45.3 Å². The minimum atomic E-state index is 0.207. The molecular formula is C14H26N4O.